The van der Waals surface area contributed by atoms with Crippen molar-refractivity contribution in [2.45, 2.75) is 6.92 Å². The van der Waals surface area contributed by atoms with Crippen molar-refractivity contribution >= 4 is 17.0 Å². The molecular formula is C10H9N3O5. The largest absolute Gasteiger partial charge is 0.506 e. The number of hydrogen-bond donors (Lipinski definition) is 2. The molecule has 0 aromatic carbocycles. The van der Waals surface area contributed by atoms with Gasteiger partial charge in [-0.2, -0.15) is 0 Å². The lowest BCUT2D eigenvalue weighted by Gasteiger charge is -2.08. The van der Waals surface area contributed by atoms with E-state index in [0.717, 1.165) is 6.33 Å². The second-order valence-electron chi connectivity index (χ2n) is 3.32. The molecule has 0 saturated heterocycles. The number of ether oxygens (including phenoxy) is 1. The van der Waals surface area contributed by atoms with E-state index in [4.69, 9.17) is 0 Å². The summed E-state index contributed by atoms with van der Waals surface area (Å²) < 4.78 is 4.80. The number of aromatic nitrogens is 3. The predicted molar refractivity (Wildman–Crippen MR) is 58.6 cm³/mol. The highest BCUT2D eigenvalue weighted by Gasteiger charge is 2.23. The monoisotopic (exact) mass is 251 g/mol. The molecule has 2 heterocycles. The first-order chi connectivity index (χ1) is 8.57. The van der Waals surface area contributed by atoms with Gasteiger partial charge in [0.1, 0.15) is 12.1 Å². The van der Waals surface area contributed by atoms with Crippen molar-refractivity contribution in [3.8, 4) is 5.75 Å². The molecule has 8 heteroatoms. The van der Waals surface area contributed by atoms with Crippen molar-refractivity contribution in [1.29, 1.82) is 0 Å². The lowest BCUT2D eigenvalue weighted by molar-refractivity contribution is 0.0515. The van der Waals surface area contributed by atoms with Crippen molar-refractivity contribution in [2.75, 3.05) is 6.61 Å². The van der Waals surface area contributed by atoms with Crippen LogP contribution < -0.4 is 5.56 Å². The second kappa shape index (κ2) is 4.32. The van der Waals surface area contributed by atoms with Gasteiger partial charge in [0.05, 0.1) is 12.0 Å². The Morgan fingerprint density at radius 2 is 2.28 bits per heavy atom. The first kappa shape index (κ1) is 11.8. The third-order valence-corrected chi connectivity index (χ3v) is 2.27. The van der Waals surface area contributed by atoms with Gasteiger partial charge in [-0.05, 0) is 6.92 Å². The molecule has 0 saturated carbocycles. The van der Waals surface area contributed by atoms with Crippen LogP contribution in [0.3, 0.4) is 0 Å². The summed E-state index contributed by atoms with van der Waals surface area (Å²) >= 11 is 0. The van der Waals surface area contributed by atoms with E-state index >= 15 is 0 Å². The Morgan fingerprint density at radius 3 is 2.94 bits per heavy atom. The highest BCUT2D eigenvalue weighted by Crippen LogP contribution is 2.23. The van der Waals surface area contributed by atoms with Crippen LogP contribution in [0.1, 0.15) is 17.3 Å². The number of carbonyl (C=O) groups excluding carboxylic acids is 1. The summed E-state index contributed by atoms with van der Waals surface area (Å²) in [6.07, 6.45) is 2.27. The molecule has 0 radical (unpaired) electrons. The number of esters is 1. The van der Waals surface area contributed by atoms with Crippen LogP contribution in [0.25, 0.3) is 11.0 Å². The number of aromatic hydroxyl groups is 1. The van der Waals surface area contributed by atoms with Gasteiger partial charge in [-0.25, -0.2) is 14.8 Å². The molecule has 2 rings (SSSR count). The Hall–Kier alpha value is -2.64. The molecule has 2 aromatic heterocycles. The molecule has 0 bridgehead atoms. The van der Waals surface area contributed by atoms with Crippen LogP contribution in [0.2, 0.25) is 0 Å². The van der Waals surface area contributed by atoms with Gasteiger partial charge in [0, 0.05) is 6.20 Å². The summed E-state index contributed by atoms with van der Waals surface area (Å²) in [6, 6.07) is 0. The molecule has 0 fully saturated rings. The van der Waals surface area contributed by atoms with Crippen molar-refractivity contribution in [3.63, 3.8) is 0 Å². The molecule has 0 aliphatic heterocycles. The average Bonchev–Trinajstić information content (AvgIpc) is 2.37. The fourth-order valence-electron chi connectivity index (χ4n) is 1.48. The minimum Gasteiger partial charge on any atom is -0.506 e. The number of fused-ring (bicyclic) bond motifs is 1. The van der Waals surface area contributed by atoms with Crippen molar-refractivity contribution in [2.24, 2.45) is 0 Å². The maximum Gasteiger partial charge on any atom is 0.347 e. The highest BCUT2D eigenvalue weighted by molar-refractivity contribution is 5.98. The molecule has 2 N–H and O–H groups in total. The predicted octanol–water partition coefficient (Wildman–Crippen LogP) is -0.0889. The lowest BCUT2D eigenvalue weighted by atomic mass is 10.2. The molecule has 0 amide bonds. The van der Waals surface area contributed by atoms with Crippen LogP contribution in [-0.4, -0.2) is 37.6 Å². The third-order valence-electron chi connectivity index (χ3n) is 2.27. The SMILES string of the molecule is CCOC(=O)c1c(O)c2cncnc2n(O)c1=O. The van der Waals surface area contributed by atoms with Crippen molar-refractivity contribution in [3.05, 3.63) is 28.4 Å². The summed E-state index contributed by atoms with van der Waals surface area (Å²) in [5.74, 6) is -1.63. The summed E-state index contributed by atoms with van der Waals surface area (Å²) in [6.45, 7) is 1.59. The first-order valence-corrected chi connectivity index (χ1v) is 5.02. The van der Waals surface area contributed by atoms with E-state index in [2.05, 4.69) is 14.7 Å². The zero-order valence-electron chi connectivity index (χ0n) is 9.32. The van der Waals surface area contributed by atoms with E-state index < -0.39 is 22.8 Å². The van der Waals surface area contributed by atoms with Crippen LogP contribution in [-0.2, 0) is 4.74 Å². The van der Waals surface area contributed by atoms with Crippen LogP contribution >= 0.6 is 0 Å². The maximum absolute atomic E-state index is 11.7. The smallest absolute Gasteiger partial charge is 0.347 e. The van der Waals surface area contributed by atoms with E-state index in [1.54, 1.807) is 6.92 Å². The molecule has 0 spiro atoms. The number of rotatable bonds is 2. The van der Waals surface area contributed by atoms with Gasteiger partial charge in [0.15, 0.2) is 11.2 Å². The van der Waals surface area contributed by atoms with E-state index in [0.29, 0.717) is 0 Å². The highest BCUT2D eigenvalue weighted by atomic mass is 16.5. The average molecular weight is 251 g/mol. The van der Waals surface area contributed by atoms with Gasteiger partial charge in [-0.3, -0.25) is 4.79 Å². The van der Waals surface area contributed by atoms with Crippen LogP contribution in [0, 0.1) is 0 Å². The van der Waals surface area contributed by atoms with Gasteiger partial charge in [0.2, 0.25) is 0 Å². The molecule has 0 aliphatic rings. The fraction of sp³-hybridized carbons (Fsp3) is 0.200. The lowest BCUT2D eigenvalue weighted by Crippen LogP contribution is -2.27. The molecule has 94 valence electrons. The standard InChI is InChI=1S/C10H9N3O5/c1-2-18-10(16)6-7(14)5-3-11-4-12-8(5)13(17)9(6)15/h3-4,14,17H,2H2,1H3. The Kier molecular flexibility index (Phi) is 2.84. The number of nitrogens with zero attached hydrogens (tertiary/aromatic N) is 3. The van der Waals surface area contributed by atoms with Crippen molar-refractivity contribution < 1.29 is 19.8 Å². The van der Waals surface area contributed by atoms with Crippen molar-refractivity contribution in [1.82, 2.24) is 14.7 Å². The maximum atomic E-state index is 11.7. The third kappa shape index (κ3) is 1.63. The first-order valence-electron chi connectivity index (χ1n) is 5.02. The summed E-state index contributed by atoms with van der Waals surface area (Å²) in [5.41, 5.74) is -1.95. The van der Waals surface area contributed by atoms with Gasteiger partial charge in [0.25, 0.3) is 0 Å². The Morgan fingerprint density at radius 1 is 1.56 bits per heavy atom. The molecule has 8 nitrogen and oxygen atoms in total. The molecule has 0 atom stereocenters. The zero-order valence-corrected chi connectivity index (χ0v) is 9.32. The van der Waals surface area contributed by atoms with Gasteiger partial charge in [-0.1, -0.05) is 0 Å². The Balaban J connectivity index is 2.83. The van der Waals surface area contributed by atoms with E-state index in [1.807, 2.05) is 0 Å². The minimum absolute atomic E-state index is 0.0253. The minimum atomic E-state index is -1.10. The summed E-state index contributed by atoms with van der Waals surface area (Å²) in [7, 11) is 0. The molecule has 0 aliphatic carbocycles. The molecular weight excluding hydrogens is 242 g/mol. The van der Waals surface area contributed by atoms with Crippen LogP contribution in [0.4, 0.5) is 0 Å². The normalized spacial score (nSPS) is 10.5. The number of pyridine rings is 1. The van der Waals surface area contributed by atoms with E-state index in [1.165, 1.54) is 6.20 Å². The van der Waals surface area contributed by atoms with Gasteiger partial charge >= 0.3 is 11.5 Å². The second-order valence-corrected chi connectivity index (χ2v) is 3.32. The van der Waals surface area contributed by atoms with Crippen LogP contribution in [0.5, 0.6) is 5.75 Å². The fourth-order valence-corrected chi connectivity index (χ4v) is 1.48. The molecule has 2 aromatic rings. The molecule has 18 heavy (non-hydrogen) atoms. The zero-order chi connectivity index (χ0) is 13.3. The molecule has 0 unspecified atom stereocenters. The summed E-state index contributed by atoms with van der Waals surface area (Å²) in [4.78, 5) is 30.5. The van der Waals surface area contributed by atoms with E-state index in [-0.39, 0.29) is 22.4 Å². The quantitative estimate of drug-likeness (QED) is 0.566. The number of carbonyl (C=O) groups is 1. The summed E-state index contributed by atoms with van der Waals surface area (Å²) in [5, 5.41) is 19.4. The Labute approximate surface area is 100 Å². The number of hydrogen-bond acceptors (Lipinski definition) is 7. The Bertz CT molecular complexity index is 679. The van der Waals surface area contributed by atoms with Gasteiger partial charge in [-0.15, -0.1) is 4.73 Å². The topological polar surface area (TPSA) is 115 Å². The van der Waals surface area contributed by atoms with Gasteiger partial charge < -0.3 is 15.1 Å². The van der Waals surface area contributed by atoms with Crippen LogP contribution in [0.15, 0.2) is 17.3 Å². The van der Waals surface area contributed by atoms with E-state index in [9.17, 15) is 19.9 Å².